The van der Waals surface area contributed by atoms with Crippen LogP contribution < -0.4 is 4.90 Å². The van der Waals surface area contributed by atoms with E-state index in [0.717, 1.165) is 0 Å². The maximum Gasteiger partial charge on any atom is 0.294 e. The molecule has 6 nitrogen and oxygen atoms in total. The molecule has 0 bridgehead atoms. The van der Waals surface area contributed by atoms with Crippen molar-refractivity contribution < 1.29 is 24.2 Å². The maximum absolute atomic E-state index is 13.5. The quantitative estimate of drug-likeness (QED) is 0.400. The SMILES string of the molecule is O=C(C1=C(O)C(=O)N(c2ccccc2)C1c1cccc(O)c1)c1cc2cc(Cl)ccc2o1. The first-order valence-electron chi connectivity index (χ1n) is 9.78. The fourth-order valence-electron chi connectivity index (χ4n) is 3.96. The predicted octanol–water partition coefficient (Wildman–Crippen LogP) is 5.57. The molecule has 0 saturated carbocycles. The van der Waals surface area contributed by atoms with Crippen LogP contribution >= 0.6 is 11.6 Å². The smallest absolute Gasteiger partial charge is 0.294 e. The Balaban J connectivity index is 1.67. The van der Waals surface area contributed by atoms with Gasteiger partial charge in [0.1, 0.15) is 11.3 Å². The van der Waals surface area contributed by atoms with Crippen molar-refractivity contribution in [3.63, 3.8) is 0 Å². The molecule has 0 saturated heterocycles. The number of halogens is 1. The van der Waals surface area contributed by atoms with Gasteiger partial charge in [-0.3, -0.25) is 14.5 Å². The molecule has 158 valence electrons. The van der Waals surface area contributed by atoms with Crippen LogP contribution in [0.3, 0.4) is 0 Å². The number of Topliss-reactive ketones (excluding diaryl/α,β-unsaturated/α-hetero) is 1. The minimum Gasteiger partial charge on any atom is -0.508 e. The summed E-state index contributed by atoms with van der Waals surface area (Å²) in [6.45, 7) is 0. The van der Waals surface area contributed by atoms with Crippen molar-refractivity contribution in [3.8, 4) is 5.75 Å². The van der Waals surface area contributed by atoms with Crippen LogP contribution in [0.1, 0.15) is 22.2 Å². The Labute approximate surface area is 187 Å². The fourth-order valence-corrected chi connectivity index (χ4v) is 4.14. The van der Waals surface area contributed by atoms with E-state index in [0.29, 0.717) is 27.2 Å². The number of carbonyl (C=O) groups is 2. The molecule has 4 aromatic rings. The molecule has 1 aliphatic rings. The Kier molecular flexibility index (Phi) is 4.72. The molecule has 5 rings (SSSR count). The van der Waals surface area contributed by atoms with Crippen molar-refractivity contribution in [2.24, 2.45) is 0 Å². The summed E-state index contributed by atoms with van der Waals surface area (Å²) in [6, 6.07) is 20.5. The number of carbonyl (C=O) groups excluding carboxylic acids is 2. The van der Waals surface area contributed by atoms with E-state index in [1.807, 2.05) is 0 Å². The molecular weight excluding hydrogens is 430 g/mol. The summed E-state index contributed by atoms with van der Waals surface area (Å²) < 4.78 is 5.70. The van der Waals surface area contributed by atoms with Crippen molar-refractivity contribution >= 4 is 39.9 Å². The molecule has 0 radical (unpaired) electrons. The summed E-state index contributed by atoms with van der Waals surface area (Å²) >= 11 is 6.03. The molecule has 1 unspecified atom stereocenters. The Bertz CT molecular complexity index is 1410. The Morgan fingerprint density at radius 2 is 1.72 bits per heavy atom. The lowest BCUT2D eigenvalue weighted by molar-refractivity contribution is -0.117. The normalized spacial score (nSPS) is 16.2. The zero-order valence-corrected chi connectivity index (χ0v) is 17.3. The second-order valence-corrected chi connectivity index (χ2v) is 7.83. The summed E-state index contributed by atoms with van der Waals surface area (Å²) in [4.78, 5) is 27.9. The number of nitrogens with zero attached hydrogens (tertiary/aromatic N) is 1. The number of amides is 1. The number of ketones is 1. The van der Waals surface area contributed by atoms with Crippen molar-refractivity contribution in [2.45, 2.75) is 6.04 Å². The topological polar surface area (TPSA) is 91.0 Å². The number of hydrogen-bond donors (Lipinski definition) is 2. The van der Waals surface area contributed by atoms with E-state index in [4.69, 9.17) is 16.0 Å². The van der Waals surface area contributed by atoms with Crippen LogP contribution in [0.5, 0.6) is 5.75 Å². The number of aliphatic hydroxyl groups is 1. The van der Waals surface area contributed by atoms with E-state index < -0.39 is 23.5 Å². The van der Waals surface area contributed by atoms with E-state index in [2.05, 4.69) is 0 Å². The summed E-state index contributed by atoms with van der Waals surface area (Å²) in [5.41, 5.74) is 1.29. The van der Waals surface area contributed by atoms with Gasteiger partial charge in [0.2, 0.25) is 5.78 Å². The van der Waals surface area contributed by atoms with E-state index in [-0.39, 0.29) is 17.1 Å². The summed E-state index contributed by atoms with van der Waals surface area (Å²) in [5, 5.41) is 21.9. The average Bonchev–Trinajstić information content (AvgIpc) is 3.32. The van der Waals surface area contributed by atoms with Crippen LogP contribution in [0.4, 0.5) is 5.69 Å². The van der Waals surface area contributed by atoms with Gasteiger partial charge in [-0.15, -0.1) is 0 Å². The molecule has 1 aliphatic heterocycles. The van der Waals surface area contributed by atoms with Gasteiger partial charge in [-0.2, -0.15) is 0 Å². The van der Waals surface area contributed by atoms with Crippen LogP contribution in [0.25, 0.3) is 11.0 Å². The van der Waals surface area contributed by atoms with Crippen LogP contribution in [0.2, 0.25) is 5.02 Å². The van der Waals surface area contributed by atoms with Gasteiger partial charge in [0, 0.05) is 16.1 Å². The number of phenolic OH excluding ortho intramolecular Hbond substituents is 1. The first-order chi connectivity index (χ1) is 15.4. The first-order valence-corrected chi connectivity index (χ1v) is 10.2. The van der Waals surface area contributed by atoms with E-state index in [9.17, 15) is 19.8 Å². The van der Waals surface area contributed by atoms with Gasteiger partial charge in [0.25, 0.3) is 5.91 Å². The fraction of sp³-hybridized carbons (Fsp3) is 0.0400. The molecule has 32 heavy (non-hydrogen) atoms. The lowest BCUT2D eigenvalue weighted by Crippen LogP contribution is -2.30. The standard InChI is InChI=1S/C25H16ClNO5/c26-16-9-10-19-15(11-16)13-20(32-19)23(29)21-22(14-5-4-8-18(28)12-14)27(25(31)24(21)30)17-6-2-1-3-7-17/h1-13,22,28,30H. The highest BCUT2D eigenvalue weighted by molar-refractivity contribution is 6.31. The van der Waals surface area contributed by atoms with Crippen LogP contribution in [-0.4, -0.2) is 21.9 Å². The summed E-state index contributed by atoms with van der Waals surface area (Å²) in [7, 11) is 0. The number of phenols is 1. The average molecular weight is 446 g/mol. The highest BCUT2D eigenvalue weighted by Gasteiger charge is 2.45. The molecule has 7 heteroatoms. The van der Waals surface area contributed by atoms with Crippen molar-refractivity contribution in [1.29, 1.82) is 0 Å². The highest BCUT2D eigenvalue weighted by atomic mass is 35.5. The number of anilines is 1. The Hall–Kier alpha value is -4.03. The molecule has 0 aliphatic carbocycles. The van der Waals surface area contributed by atoms with Gasteiger partial charge < -0.3 is 14.6 Å². The molecule has 3 aromatic carbocycles. The van der Waals surface area contributed by atoms with Crippen molar-refractivity contribution in [3.05, 3.63) is 107 Å². The van der Waals surface area contributed by atoms with Gasteiger partial charge in [-0.05, 0) is 54.1 Å². The van der Waals surface area contributed by atoms with Gasteiger partial charge in [-0.1, -0.05) is 41.9 Å². The number of para-hydroxylation sites is 1. The third kappa shape index (κ3) is 3.21. The van der Waals surface area contributed by atoms with E-state index >= 15 is 0 Å². The van der Waals surface area contributed by atoms with E-state index in [1.54, 1.807) is 60.7 Å². The second-order valence-electron chi connectivity index (χ2n) is 7.39. The number of fused-ring (bicyclic) bond motifs is 1. The highest BCUT2D eigenvalue weighted by Crippen LogP contribution is 2.42. The minimum atomic E-state index is -0.957. The molecule has 1 amide bonds. The molecular formula is C25H16ClNO5. The van der Waals surface area contributed by atoms with Gasteiger partial charge >= 0.3 is 0 Å². The lowest BCUT2D eigenvalue weighted by atomic mass is 9.94. The third-order valence-corrected chi connectivity index (χ3v) is 5.61. The molecule has 1 aromatic heterocycles. The van der Waals surface area contributed by atoms with Crippen LogP contribution in [0.15, 0.2) is 94.6 Å². The third-order valence-electron chi connectivity index (χ3n) is 5.38. The zero-order valence-electron chi connectivity index (χ0n) is 16.5. The number of hydrogen-bond acceptors (Lipinski definition) is 5. The van der Waals surface area contributed by atoms with Crippen molar-refractivity contribution in [1.82, 2.24) is 0 Å². The second kappa shape index (κ2) is 7.59. The zero-order chi connectivity index (χ0) is 22.4. The monoisotopic (exact) mass is 445 g/mol. The molecule has 2 N–H and O–H groups in total. The largest absolute Gasteiger partial charge is 0.508 e. The maximum atomic E-state index is 13.5. The number of aromatic hydroxyl groups is 1. The predicted molar refractivity (Wildman–Crippen MR) is 120 cm³/mol. The number of benzene rings is 3. The van der Waals surface area contributed by atoms with Gasteiger partial charge in [0.05, 0.1) is 11.6 Å². The van der Waals surface area contributed by atoms with Gasteiger partial charge in [-0.25, -0.2) is 0 Å². The van der Waals surface area contributed by atoms with Crippen molar-refractivity contribution in [2.75, 3.05) is 4.90 Å². The summed E-state index contributed by atoms with van der Waals surface area (Å²) in [6.07, 6.45) is 0. The van der Waals surface area contributed by atoms with E-state index in [1.165, 1.54) is 23.1 Å². The number of furan rings is 1. The lowest BCUT2D eigenvalue weighted by Gasteiger charge is -2.26. The minimum absolute atomic E-state index is 0.0282. The molecule has 2 heterocycles. The summed E-state index contributed by atoms with van der Waals surface area (Å²) in [5.74, 6) is -2.07. The Morgan fingerprint density at radius 1 is 0.938 bits per heavy atom. The molecule has 0 fully saturated rings. The molecule has 0 spiro atoms. The first kappa shape index (κ1) is 19.9. The molecule has 1 atom stereocenters. The number of rotatable bonds is 4. The Morgan fingerprint density at radius 3 is 2.47 bits per heavy atom. The van der Waals surface area contributed by atoms with Crippen LogP contribution in [0, 0.1) is 0 Å². The number of aliphatic hydroxyl groups excluding tert-OH is 1. The van der Waals surface area contributed by atoms with Gasteiger partial charge in [0.15, 0.2) is 11.5 Å². The van der Waals surface area contributed by atoms with Crippen LogP contribution in [-0.2, 0) is 4.79 Å².